The molecule has 0 aromatic heterocycles. The van der Waals surface area contributed by atoms with Crippen molar-refractivity contribution in [3.8, 4) is 0 Å². The summed E-state index contributed by atoms with van der Waals surface area (Å²) < 4.78 is 0. The molecule has 2 aromatic carbocycles. The summed E-state index contributed by atoms with van der Waals surface area (Å²) >= 11 is 0. The van der Waals surface area contributed by atoms with Crippen molar-refractivity contribution < 1.29 is 14.4 Å². The van der Waals surface area contributed by atoms with Gasteiger partial charge in [0.05, 0.1) is 17.2 Å². The van der Waals surface area contributed by atoms with Gasteiger partial charge in [0.15, 0.2) is 0 Å². The molecule has 3 rings (SSSR count). The maximum atomic E-state index is 12.8. The Bertz CT molecular complexity index is 907. The van der Waals surface area contributed by atoms with Crippen LogP contribution in [0, 0.1) is 5.92 Å². The third kappa shape index (κ3) is 4.06. The van der Waals surface area contributed by atoms with Gasteiger partial charge in [0.2, 0.25) is 11.8 Å². The number of carbonyl (C=O) groups excluding carboxylic acids is 3. The van der Waals surface area contributed by atoms with Gasteiger partial charge in [-0.05, 0) is 35.7 Å². The predicted molar refractivity (Wildman–Crippen MR) is 109 cm³/mol. The number of hydrogen-bond acceptors (Lipinski definition) is 3. The number of carbonyl (C=O) groups is 3. The Morgan fingerprint density at radius 3 is 2.57 bits per heavy atom. The molecule has 28 heavy (non-hydrogen) atoms. The number of para-hydroxylation sites is 1. The molecule has 1 aliphatic rings. The fourth-order valence-corrected chi connectivity index (χ4v) is 3.34. The van der Waals surface area contributed by atoms with E-state index in [1.807, 2.05) is 24.3 Å². The van der Waals surface area contributed by atoms with E-state index < -0.39 is 5.92 Å². The first kappa shape index (κ1) is 19.6. The van der Waals surface area contributed by atoms with Crippen LogP contribution < -0.4 is 15.5 Å². The highest BCUT2D eigenvalue weighted by Crippen LogP contribution is 2.28. The van der Waals surface area contributed by atoms with Crippen LogP contribution >= 0.6 is 0 Å². The first-order chi connectivity index (χ1) is 13.4. The fraction of sp³-hybridized carbons (Fsp3) is 0.318. The Balaban J connectivity index is 1.75. The Morgan fingerprint density at radius 1 is 1.11 bits per heavy atom. The van der Waals surface area contributed by atoms with E-state index >= 15 is 0 Å². The van der Waals surface area contributed by atoms with Crippen molar-refractivity contribution in [2.75, 3.05) is 23.8 Å². The van der Waals surface area contributed by atoms with Crippen molar-refractivity contribution in [2.45, 2.75) is 26.2 Å². The highest BCUT2D eigenvalue weighted by atomic mass is 16.2. The van der Waals surface area contributed by atoms with Gasteiger partial charge in [-0.1, -0.05) is 38.1 Å². The van der Waals surface area contributed by atoms with Gasteiger partial charge in [0, 0.05) is 25.7 Å². The Labute approximate surface area is 164 Å². The minimum atomic E-state index is -0.465. The van der Waals surface area contributed by atoms with Gasteiger partial charge < -0.3 is 15.5 Å². The molecular formula is C22H25N3O3. The van der Waals surface area contributed by atoms with Crippen LogP contribution in [0.3, 0.4) is 0 Å². The van der Waals surface area contributed by atoms with E-state index in [0.29, 0.717) is 23.7 Å². The Hall–Kier alpha value is -3.15. The molecule has 0 saturated carbocycles. The summed E-state index contributed by atoms with van der Waals surface area (Å²) in [6.07, 6.45) is 0.153. The maximum absolute atomic E-state index is 12.8. The maximum Gasteiger partial charge on any atom is 0.253 e. The van der Waals surface area contributed by atoms with E-state index in [1.54, 1.807) is 36.2 Å². The minimum absolute atomic E-state index is 0.0688. The molecule has 0 radical (unpaired) electrons. The lowest BCUT2D eigenvalue weighted by Crippen LogP contribution is -2.29. The second kappa shape index (κ2) is 8.25. The zero-order chi connectivity index (χ0) is 20.3. The van der Waals surface area contributed by atoms with Gasteiger partial charge in [-0.2, -0.15) is 0 Å². The van der Waals surface area contributed by atoms with Crippen molar-refractivity contribution in [3.05, 3.63) is 59.7 Å². The highest BCUT2D eigenvalue weighted by molar-refractivity contribution is 6.07. The molecular weight excluding hydrogens is 354 g/mol. The Morgan fingerprint density at radius 2 is 1.86 bits per heavy atom. The molecule has 1 aliphatic heterocycles. The van der Waals surface area contributed by atoms with Crippen molar-refractivity contribution in [3.63, 3.8) is 0 Å². The van der Waals surface area contributed by atoms with Gasteiger partial charge in [-0.25, -0.2) is 0 Å². The lowest BCUT2D eigenvalue weighted by atomic mass is 10.0. The summed E-state index contributed by atoms with van der Waals surface area (Å²) in [5.74, 6) is -0.704. The third-order valence-corrected chi connectivity index (χ3v) is 5.00. The average Bonchev–Trinajstić information content (AvgIpc) is 3.09. The highest BCUT2D eigenvalue weighted by Gasteiger charge is 2.35. The van der Waals surface area contributed by atoms with Crippen LogP contribution in [-0.2, 0) is 9.59 Å². The monoisotopic (exact) mass is 379 g/mol. The number of amides is 3. The van der Waals surface area contributed by atoms with Gasteiger partial charge in [0.25, 0.3) is 5.91 Å². The van der Waals surface area contributed by atoms with Gasteiger partial charge in [-0.3, -0.25) is 14.4 Å². The summed E-state index contributed by atoms with van der Waals surface area (Å²) in [4.78, 5) is 38.9. The first-order valence-corrected chi connectivity index (χ1v) is 9.43. The summed E-state index contributed by atoms with van der Waals surface area (Å²) in [6, 6.07) is 14.7. The molecule has 0 aliphatic carbocycles. The lowest BCUT2D eigenvalue weighted by Gasteiger charge is -2.19. The molecule has 1 atom stereocenters. The van der Waals surface area contributed by atoms with Crippen LogP contribution in [0.5, 0.6) is 0 Å². The minimum Gasteiger partial charge on any atom is -0.355 e. The first-order valence-electron chi connectivity index (χ1n) is 9.43. The zero-order valence-corrected chi connectivity index (χ0v) is 16.4. The number of benzene rings is 2. The number of nitrogens with one attached hydrogen (secondary N) is 2. The summed E-state index contributed by atoms with van der Waals surface area (Å²) in [5, 5.41) is 5.37. The van der Waals surface area contributed by atoms with E-state index in [0.717, 1.165) is 11.3 Å². The number of anilines is 2. The van der Waals surface area contributed by atoms with Crippen LogP contribution in [-0.4, -0.2) is 31.3 Å². The lowest BCUT2D eigenvalue weighted by molar-refractivity contribution is -0.122. The van der Waals surface area contributed by atoms with Crippen LogP contribution in [0.1, 0.15) is 42.1 Å². The Kier molecular flexibility index (Phi) is 5.78. The van der Waals surface area contributed by atoms with Crippen molar-refractivity contribution >= 4 is 29.1 Å². The van der Waals surface area contributed by atoms with Gasteiger partial charge >= 0.3 is 0 Å². The van der Waals surface area contributed by atoms with Crippen LogP contribution in [0.2, 0.25) is 0 Å². The summed E-state index contributed by atoms with van der Waals surface area (Å²) in [5.41, 5.74) is 2.80. The van der Waals surface area contributed by atoms with Crippen LogP contribution in [0.15, 0.2) is 48.5 Å². The molecule has 0 unspecified atom stereocenters. The van der Waals surface area contributed by atoms with Gasteiger partial charge in [-0.15, -0.1) is 0 Å². The topological polar surface area (TPSA) is 78.5 Å². The zero-order valence-electron chi connectivity index (χ0n) is 16.4. The number of hydrogen-bond donors (Lipinski definition) is 2. The van der Waals surface area contributed by atoms with Crippen molar-refractivity contribution in [1.82, 2.24) is 5.32 Å². The van der Waals surface area contributed by atoms with E-state index in [2.05, 4.69) is 24.5 Å². The molecule has 1 fully saturated rings. The van der Waals surface area contributed by atoms with Gasteiger partial charge in [0.1, 0.15) is 0 Å². The molecule has 0 spiro atoms. The standard InChI is InChI=1S/C22H25N3O3/c1-14(2)15-7-6-8-17(11-15)25-13-16(12-20(25)26)21(27)24-19-10-5-4-9-18(19)22(28)23-3/h4-11,14,16H,12-13H2,1-3H3,(H,23,28)(H,24,27)/t16-/m0/s1. The molecule has 1 heterocycles. The van der Waals surface area contributed by atoms with E-state index in [-0.39, 0.29) is 24.1 Å². The van der Waals surface area contributed by atoms with E-state index in [1.165, 1.54) is 0 Å². The molecule has 1 saturated heterocycles. The molecule has 6 heteroatoms. The molecule has 2 N–H and O–H groups in total. The van der Waals surface area contributed by atoms with E-state index in [4.69, 9.17) is 0 Å². The predicted octanol–water partition coefficient (Wildman–Crippen LogP) is 3.16. The average molecular weight is 379 g/mol. The largest absolute Gasteiger partial charge is 0.355 e. The van der Waals surface area contributed by atoms with Crippen molar-refractivity contribution in [2.24, 2.45) is 5.92 Å². The molecule has 146 valence electrons. The van der Waals surface area contributed by atoms with Crippen LogP contribution in [0.25, 0.3) is 0 Å². The summed E-state index contributed by atoms with van der Waals surface area (Å²) in [6.45, 7) is 4.53. The molecule has 0 bridgehead atoms. The summed E-state index contributed by atoms with van der Waals surface area (Å²) in [7, 11) is 1.54. The fourth-order valence-electron chi connectivity index (χ4n) is 3.34. The second-order valence-electron chi connectivity index (χ2n) is 7.27. The van der Waals surface area contributed by atoms with E-state index in [9.17, 15) is 14.4 Å². The number of nitrogens with zero attached hydrogens (tertiary/aromatic N) is 1. The normalized spacial score (nSPS) is 16.4. The molecule has 2 aromatic rings. The second-order valence-corrected chi connectivity index (χ2v) is 7.27. The SMILES string of the molecule is CNC(=O)c1ccccc1NC(=O)[C@H]1CC(=O)N(c2cccc(C(C)C)c2)C1. The van der Waals surface area contributed by atoms with Crippen LogP contribution in [0.4, 0.5) is 11.4 Å². The quantitative estimate of drug-likeness (QED) is 0.838. The number of rotatable bonds is 5. The smallest absolute Gasteiger partial charge is 0.253 e. The molecule has 6 nitrogen and oxygen atoms in total. The van der Waals surface area contributed by atoms with Crippen molar-refractivity contribution in [1.29, 1.82) is 0 Å². The third-order valence-electron chi connectivity index (χ3n) is 5.00. The molecule has 3 amide bonds.